The van der Waals surface area contributed by atoms with Crippen LogP contribution in [0.2, 0.25) is 0 Å². The third-order valence-corrected chi connectivity index (χ3v) is 10.4. The predicted octanol–water partition coefficient (Wildman–Crippen LogP) is 0.615. The Bertz CT molecular complexity index is 1160. The molecule has 7 heteroatoms. The molecule has 0 saturated carbocycles. The molecular formula is C27H24BN3O2Si. The molecule has 0 saturated heterocycles. The Morgan fingerprint density at radius 3 is 1.29 bits per heavy atom. The van der Waals surface area contributed by atoms with Gasteiger partial charge in [0.2, 0.25) is 0 Å². The van der Waals surface area contributed by atoms with Crippen LogP contribution in [-0.2, 0) is 0 Å². The van der Waals surface area contributed by atoms with Gasteiger partial charge in [0, 0.05) is 0 Å². The van der Waals surface area contributed by atoms with Crippen LogP contribution >= 0.6 is 0 Å². The van der Waals surface area contributed by atoms with Crippen molar-refractivity contribution in [2.45, 2.75) is 0 Å². The van der Waals surface area contributed by atoms with Crippen LogP contribution in [0.25, 0.3) is 0 Å². The van der Waals surface area contributed by atoms with E-state index in [9.17, 15) is 10.0 Å². The highest BCUT2D eigenvalue weighted by atomic mass is 28.3. The fraction of sp³-hybridized carbons (Fsp3) is 0. The third kappa shape index (κ3) is 5.02. The molecule has 0 radical (unpaired) electrons. The van der Waals surface area contributed by atoms with E-state index in [1.807, 2.05) is 30.3 Å². The van der Waals surface area contributed by atoms with Crippen LogP contribution in [0, 0.1) is 0 Å². The zero-order valence-corrected chi connectivity index (χ0v) is 19.5. The van der Waals surface area contributed by atoms with Gasteiger partial charge in [0.15, 0.2) is 8.07 Å². The number of nitrogens with zero attached hydrogens (tertiary/aromatic N) is 3. The van der Waals surface area contributed by atoms with Gasteiger partial charge in [-0.15, -0.1) is 10.2 Å². The standard InChI is InChI=1S/C24H21BO2Si.C3H3N3/c26-25(27)20-11-10-18-24(19-20)28(21-12-4-1-5-13-21,22-14-6-2-7-15-22)23-16-8-3-9-17-23;1-2-4-6-5-3-1/h1-19,26-27H;1-3H. The van der Waals surface area contributed by atoms with Crippen LogP contribution in [0.1, 0.15) is 0 Å². The Kier molecular flexibility index (Phi) is 7.72. The molecule has 0 spiro atoms. The van der Waals surface area contributed by atoms with Crippen LogP contribution in [0.15, 0.2) is 134 Å². The van der Waals surface area contributed by atoms with Gasteiger partial charge in [-0.25, -0.2) is 0 Å². The van der Waals surface area contributed by atoms with E-state index < -0.39 is 15.2 Å². The van der Waals surface area contributed by atoms with E-state index in [4.69, 9.17) is 0 Å². The quantitative estimate of drug-likeness (QED) is 0.296. The van der Waals surface area contributed by atoms with E-state index in [0.717, 1.165) is 5.19 Å². The molecule has 5 aromatic rings. The summed E-state index contributed by atoms with van der Waals surface area (Å²) in [7, 11) is -4.09. The minimum absolute atomic E-state index is 0.511. The zero-order chi connectivity index (χ0) is 23.6. The molecule has 0 amide bonds. The Labute approximate surface area is 200 Å². The minimum atomic E-state index is -2.60. The van der Waals surface area contributed by atoms with E-state index >= 15 is 0 Å². The van der Waals surface area contributed by atoms with Gasteiger partial charge in [-0.3, -0.25) is 0 Å². The normalized spacial score (nSPS) is 10.6. The lowest BCUT2D eigenvalue weighted by Gasteiger charge is -2.34. The van der Waals surface area contributed by atoms with Crippen molar-refractivity contribution in [2.24, 2.45) is 0 Å². The van der Waals surface area contributed by atoms with E-state index in [1.54, 1.807) is 24.5 Å². The molecular weight excluding hydrogens is 437 g/mol. The maximum Gasteiger partial charge on any atom is 0.488 e. The second-order valence-electron chi connectivity index (χ2n) is 7.66. The lowest BCUT2D eigenvalue weighted by Crippen LogP contribution is -2.75. The molecule has 0 aliphatic rings. The predicted molar refractivity (Wildman–Crippen MR) is 140 cm³/mol. The monoisotopic (exact) mass is 461 g/mol. The molecule has 0 fully saturated rings. The zero-order valence-electron chi connectivity index (χ0n) is 18.5. The second kappa shape index (κ2) is 11.3. The molecule has 166 valence electrons. The Morgan fingerprint density at radius 2 is 0.941 bits per heavy atom. The molecule has 0 atom stereocenters. The maximum absolute atomic E-state index is 9.80. The highest BCUT2D eigenvalue weighted by molar-refractivity contribution is 7.20. The summed E-state index contributed by atoms with van der Waals surface area (Å²) in [6, 6.07) is 41.2. The summed E-state index contributed by atoms with van der Waals surface area (Å²) in [6.07, 6.45) is 3.15. The van der Waals surface area contributed by atoms with Gasteiger partial charge in [0.25, 0.3) is 0 Å². The first-order chi connectivity index (χ1) is 16.7. The molecule has 0 unspecified atom stereocenters. The van der Waals surface area contributed by atoms with Crippen molar-refractivity contribution >= 4 is 41.4 Å². The highest BCUT2D eigenvalue weighted by Crippen LogP contribution is 2.09. The van der Waals surface area contributed by atoms with Crippen LogP contribution in [0.5, 0.6) is 0 Å². The number of benzene rings is 4. The third-order valence-electron chi connectivity index (χ3n) is 5.65. The molecule has 1 aromatic heterocycles. The number of hydrogen-bond donors (Lipinski definition) is 2. The molecule has 4 aromatic carbocycles. The van der Waals surface area contributed by atoms with Gasteiger partial charge in [0.05, 0.1) is 12.4 Å². The van der Waals surface area contributed by atoms with Gasteiger partial charge in [0.1, 0.15) is 0 Å². The number of aromatic nitrogens is 3. The molecule has 34 heavy (non-hydrogen) atoms. The fourth-order valence-electron chi connectivity index (χ4n) is 4.20. The SMILES string of the molecule is OB(O)c1cccc([Si](c2ccccc2)(c2ccccc2)c2ccccc2)c1.c1cnnnc1. The van der Waals surface area contributed by atoms with Gasteiger partial charge in [-0.05, 0) is 37.5 Å². The molecule has 5 rings (SSSR count). The van der Waals surface area contributed by atoms with Crippen LogP contribution < -0.4 is 26.2 Å². The highest BCUT2D eigenvalue weighted by Gasteiger charge is 2.41. The van der Waals surface area contributed by atoms with Crippen molar-refractivity contribution in [2.75, 3.05) is 0 Å². The number of hydrogen-bond acceptors (Lipinski definition) is 5. The maximum atomic E-state index is 9.80. The summed E-state index contributed by atoms with van der Waals surface area (Å²) >= 11 is 0. The first kappa shape index (κ1) is 23.3. The van der Waals surface area contributed by atoms with E-state index in [0.29, 0.717) is 5.46 Å². The van der Waals surface area contributed by atoms with Crippen molar-refractivity contribution in [3.8, 4) is 0 Å². The summed E-state index contributed by atoms with van der Waals surface area (Å²) in [5.41, 5.74) is 0.511. The van der Waals surface area contributed by atoms with E-state index in [-0.39, 0.29) is 0 Å². The van der Waals surface area contributed by atoms with Gasteiger partial charge in [-0.2, -0.15) is 0 Å². The molecule has 2 N–H and O–H groups in total. The van der Waals surface area contributed by atoms with Crippen molar-refractivity contribution < 1.29 is 10.0 Å². The average Bonchev–Trinajstić information content (AvgIpc) is 2.93. The van der Waals surface area contributed by atoms with Gasteiger partial charge >= 0.3 is 7.12 Å². The van der Waals surface area contributed by atoms with Gasteiger partial charge < -0.3 is 10.0 Å². The Morgan fingerprint density at radius 1 is 0.500 bits per heavy atom. The van der Waals surface area contributed by atoms with E-state index in [1.165, 1.54) is 15.6 Å². The summed E-state index contributed by atoms with van der Waals surface area (Å²) in [6.45, 7) is 0. The van der Waals surface area contributed by atoms with Crippen molar-refractivity contribution in [3.05, 3.63) is 134 Å². The van der Waals surface area contributed by atoms with Gasteiger partial charge in [-0.1, -0.05) is 115 Å². The Balaban J connectivity index is 0.000000398. The first-order valence-electron chi connectivity index (χ1n) is 10.9. The second-order valence-corrected chi connectivity index (χ2v) is 11.5. The smallest absolute Gasteiger partial charge is 0.423 e. The summed E-state index contributed by atoms with van der Waals surface area (Å²) in [5, 5.41) is 34.6. The fourth-order valence-corrected chi connectivity index (χ4v) is 9.01. The van der Waals surface area contributed by atoms with Crippen molar-refractivity contribution in [3.63, 3.8) is 0 Å². The topological polar surface area (TPSA) is 79.1 Å². The molecule has 0 aliphatic heterocycles. The summed E-state index contributed by atoms with van der Waals surface area (Å²) in [5.74, 6) is 0. The van der Waals surface area contributed by atoms with E-state index in [2.05, 4.69) is 94.3 Å². The molecule has 0 aliphatic carbocycles. The van der Waals surface area contributed by atoms with Crippen LogP contribution in [-0.4, -0.2) is 40.7 Å². The average molecular weight is 461 g/mol. The van der Waals surface area contributed by atoms with Crippen LogP contribution in [0.4, 0.5) is 0 Å². The molecule has 5 nitrogen and oxygen atoms in total. The molecule has 1 heterocycles. The minimum Gasteiger partial charge on any atom is -0.423 e. The van der Waals surface area contributed by atoms with Crippen molar-refractivity contribution in [1.82, 2.24) is 15.4 Å². The largest absolute Gasteiger partial charge is 0.488 e. The van der Waals surface area contributed by atoms with Crippen molar-refractivity contribution in [1.29, 1.82) is 0 Å². The first-order valence-corrected chi connectivity index (χ1v) is 12.9. The summed E-state index contributed by atoms with van der Waals surface area (Å²) in [4.78, 5) is 0. The van der Waals surface area contributed by atoms with Crippen LogP contribution in [0.3, 0.4) is 0 Å². The number of rotatable bonds is 5. The Hall–Kier alpha value is -3.91. The lowest BCUT2D eigenvalue weighted by atomic mass is 9.80. The lowest BCUT2D eigenvalue weighted by molar-refractivity contribution is 0.426. The summed E-state index contributed by atoms with van der Waals surface area (Å²) < 4.78 is 0. The molecule has 0 bridgehead atoms.